The second-order valence-corrected chi connectivity index (χ2v) is 5.20. The summed E-state index contributed by atoms with van der Waals surface area (Å²) in [5.74, 6) is -1.01. The summed E-state index contributed by atoms with van der Waals surface area (Å²) in [5.41, 5.74) is 1.70. The Kier molecular flexibility index (Phi) is 4.17. The number of rotatable bonds is 6. The zero-order chi connectivity index (χ0) is 13.9. The van der Waals surface area contributed by atoms with E-state index in [9.17, 15) is 9.18 Å². The van der Waals surface area contributed by atoms with E-state index in [1.54, 1.807) is 6.07 Å². The fourth-order valence-corrected chi connectivity index (χ4v) is 2.43. The highest BCUT2D eigenvalue weighted by Gasteiger charge is 2.38. The minimum Gasteiger partial charge on any atom is -0.481 e. The van der Waals surface area contributed by atoms with Gasteiger partial charge < -0.3 is 15.7 Å². The third-order valence-corrected chi connectivity index (χ3v) is 3.62. The molecule has 3 N–H and O–H groups in total. The lowest BCUT2D eigenvalue weighted by Crippen LogP contribution is -2.68. The quantitative estimate of drug-likeness (QED) is 0.721. The van der Waals surface area contributed by atoms with Gasteiger partial charge in [0.25, 0.3) is 0 Å². The summed E-state index contributed by atoms with van der Waals surface area (Å²) < 4.78 is 13.0. The molecule has 0 aliphatic carbocycles. The van der Waals surface area contributed by atoms with E-state index in [-0.39, 0.29) is 17.8 Å². The fourth-order valence-electron chi connectivity index (χ4n) is 2.43. The first-order chi connectivity index (χ1) is 9.01. The van der Waals surface area contributed by atoms with E-state index in [0.29, 0.717) is 19.6 Å². The largest absolute Gasteiger partial charge is 0.481 e. The van der Waals surface area contributed by atoms with Crippen molar-refractivity contribution in [2.75, 3.05) is 19.6 Å². The minimum absolute atomic E-state index is 0.127. The Hall–Kier alpha value is -1.46. The van der Waals surface area contributed by atoms with E-state index in [2.05, 4.69) is 10.6 Å². The van der Waals surface area contributed by atoms with Gasteiger partial charge in [0.15, 0.2) is 0 Å². The molecule has 19 heavy (non-hydrogen) atoms. The van der Waals surface area contributed by atoms with E-state index in [1.165, 1.54) is 12.1 Å². The van der Waals surface area contributed by atoms with Gasteiger partial charge in [-0.1, -0.05) is 6.07 Å². The van der Waals surface area contributed by atoms with Gasteiger partial charge in [-0.15, -0.1) is 0 Å². The molecule has 1 heterocycles. The van der Waals surface area contributed by atoms with E-state index >= 15 is 0 Å². The van der Waals surface area contributed by atoms with Crippen molar-refractivity contribution in [3.8, 4) is 0 Å². The van der Waals surface area contributed by atoms with E-state index < -0.39 is 5.97 Å². The summed E-state index contributed by atoms with van der Waals surface area (Å²) in [4.78, 5) is 10.8. The zero-order valence-corrected chi connectivity index (χ0v) is 11.0. The van der Waals surface area contributed by atoms with Gasteiger partial charge in [-0.05, 0) is 43.1 Å². The molecular formula is C14H19FN2O2. The van der Waals surface area contributed by atoms with Crippen molar-refractivity contribution in [2.24, 2.45) is 0 Å². The maximum Gasteiger partial charge on any atom is 0.305 e. The van der Waals surface area contributed by atoms with Crippen LogP contribution in [0.1, 0.15) is 17.5 Å². The fraction of sp³-hybridized carbons (Fsp3) is 0.500. The predicted molar refractivity (Wildman–Crippen MR) is 70.7 cm³/mol. The van der Waals surface area contributed by atoms with Crippen molar-refractivity contribution >= 4 is 5.97 Å². The van der Waals surface area contributed by atoms with Gasteiger partial charge in [0, 0.05) is 13.1 Å². The van der Waals surface area contributed by atoms with Crippen LogP contribution in [0.2, 0.25) is 0 Å². The first-order valence-electron chi connectivity index (χ1n) is 6.43. The molecule has 1 aromatic carbocycles. The number of halogens is 1. The van der Waals surface area contributed by atoms with Crippen LogP contribution in [0, 0.1) is 12.7 Å². The molecule has 1 aliphatic heterocycles. The van der Waals surface area contributed by atoms with Gasteiger partial charge in [-0.3, -0.25) is 4.79 Å². The number of carboxylic acids is 1. The Morgan fingerprint density at radius 1 is 1.53 bits per heavy atom. The SMILES string of the molecule is Cc1cc(F)ccc1CCNC1(CC(=O)O)CNC1. The second kappa shape index (κ2) is 5.67. The molecule has 4 nitrogen and oxygen atoms in total. The molecular weight excluding hydrogens is 247 g/mol. The first kappa shape index (κ1) is 14.0. The van der Waals surface area contributed by atoms with Gasteiger partial charge in [0.2, 0.25) is 0 Å². The number of carboxylic acid groups (broad SMARTS) is 1. The van der Waals surface area contributed by atoms with Gasteiger partial charge >= 0.3 is 5.97 Å². The number of hydrogen-bond acceptors (Lipinski definition) is 3. The smallest absolute Gasteiger partial charge is 0.305 e. The highest BCUT2D eigenvalue weighted by Crippen LogP contribution is 2.16. The molecule has 0 radical (unpaired) electrons. The van der Waals surface area contributed by atoms with Crippen LogP contribution in [0.3, 0.4) is 0 Å². The monoisotopic (exact) mass is 266 g/mol. The van der Waals surface area contributed by atoms with Crippen LogP contribution in [0.4, 0.5) is 4.39 Å². The molecule has 1 saturated heterocycles. The Labute approximate surface area is 112 Å². The molecule has 0 spiro atoms. The summed E-state index contributed by atoms with van der Waals surface area (Å²) >= 11 is 0. The highest BCUT2D eigenvalue weighted by atomic mass is 19.1. The molecule has 0 aromatic heterocycles. The van der Waals surface area contributed by atoms with Crippen molar-refractivity contribution in [3.63, 3.8) is 0 Å². The predicted octanol–water partition coefficient (Wildman–Crippen LogP) is 1.08. The summed E-state index contributed by atoms with van der Waals surface area (Å²) in [6, 6.07) is 4.77. The molecule has 104 valence electrons. The number of benzene rings is 1. The van der Waals surface area contributed by atoms with Crippen molar-refractivity contribution in [3.05, 3.63) is 35.1 Å². The van der Waals surface area contributed by atoms with E-state index in [4.69, 9.17) is 5.11 Å². The normalized spacial score (nSPS) is 16.9. The van der Waals surface area contributed by atoms with Crippen molar-refractivity contribution < 1.29 is 14.3 Å². The van der Waals surface area contributed by atoms with Crippen LogP contribution in [-0.2, 0) is 11.2 Å². The van der Waals surface area contributed by atoms with Gasteiger partial charge in [0.05, 0.1) is 12.0 Å². The van der Waals surface area contributed by atoms with Crippen LogP contribution < -0.4 is 10.6 Å². The van der Waals surface area contributed by atoms with Gasteiger partial charge in [0.1, 0.15) is 5.82 Å². The highest BCUT2D eigenvalue weighted by molar-refractivity contribution is 5.68. The third-order valence-electron chi connectivity index (χ3n) is 3.62. The van der Waals surface area contributed by atoms with Crippen LogP contribution in [-0.4, -0.2) is 36.2 Å². The topological polar surface area (TPSA) is 61.4 Å². The number of carbonyl (C=O) groups is 1. The molecule has 5 heteroatoms. The van der Waals surface area contributed by atoms with Gasteiger partial charge in [-0.2, -0.15) is 0 Å². The average Bonchev–Trinajstić information content (AvgIpc) is 2.28. The maximum absolute atomic E-state index is 13.0. The minimum atomic E-state index is -0.785. The third kappa shape index (κ3) is 3.52. The number of aliphatic carboxylic acids is 1. The Balaban J connectivity index is 1.87. The van der Waals surface area contributed by atoms with Crippen molar-refractivity contribution in [2.45, 2.75) is 25.3 Å². The average molecular weight is 266 g/mol. The van der Waals surface area contributed by atoms with Crippen molar-refractivity contribution in [1.82, 2.24) is 10.6 Å². The molecule has 0 atom stereocenters. The first-order valence-corrected chi connectivity index (χ1v) is 6.43. The zero-order valence-electron chi connectivity index (χ0n) is 11.0. The van der Waals surface area contributed by atoms with Crippen LogP contribution >= 0.6 is 0 Å². The Morgan fingerprint density at radius 2 is 2.26 bits per heavy atom. The lowest BCUT2D eigenvalue weighted by atomic mass is 9.88. The van der Waals surface area contributed by atoms with Crippen molar-refractivity contribution in [1.29, 1.82) is 0 Å². The summed E-state index contributed by atoms with van der Waals surface area (Å²) in [7, 11) is 0. The molecule has 2 rings (SSSR count). The summed E-state index contributed by atoms with van der Waals surface area (Å²) in [5, 5.41) is 15.3. The Bertz CT molecular complexity index is 473. The molecule has 0 bridgehead atoms. The van der Waals surface area contributed by atoms with Crippen LogP contribution in [0.25, 0.3) is 0 Å². The number of hydrogen-bond donors (Lipinski definition) is 3. The Morgan fingerprint density at radius 3 is 2.79 bits per heavy atom. The molecule has 1 fully saturated rings. The molecule has 1 aliphatic rings. The van der Waals surface area contributed by atoms with E-state index in [1.807, 2.05) is 6.92 Å². The van der Waals surface area contributed by atoms with Crippen LogP contribution in [0.5, 0.6) is 0 Å². The maximum atomic E-state index is 13.0. The number of aryl methyl sites for hydroxylation is 1. The summed E-state index contributed by atoms with van der Waals surface area (Å²) in [6.07, 6.45) is 0.899. The summed E-state index contributed by atoms with van der Waals surface area (Å²) in [6.45, 7) is 3.95. The molecule has 0 unspecified atom stereocenters. The lowest BCUT2D eigenvalue weighted by Gasteiger charge is -2.42. The molecule has 0 saturated carbocycles. The second-order valence-electron chi connectivity index (χ2n) is 5.20. The van der Waals surface area contributed by atoms with E-state index in [0.717, 1.165) is 17.5 Å². The molecule has 1 aromatic rings. The van der Waals surface area contributed by atoms with Crippen LogP contribution in [0.15, 0.2) is 18.2 Å². The van der Waals surface area contributed by atoms with Gasteiger partial charge in [-0.25, -0.2) is 4.39 Å². The standard InChI is InChI=1S/C14H19FN2O2/c1-10-6-12(15)3-2-11(10)4-5-17-14(7-13(18)19)8-16-9-14/h2-3,6,16-17H,4-5,7-9H2,1H3,(H,18,19). The molecule has 0 amide bonds. The lowest BCUT2D eigenvalue weighted by molar-refractivity contribution is -0.139. The number of nitrogens with one attached hydrogen (secondary N) is 2.